The van der Waals surface area contributed by atoms with E-state index in [1.54, 1.807) is 0 Å². The minimum absolute atomic E-state index is 0.244. The fourth-order valence-electron chi connectivity index (χ4n) is 2.41. The first-order valence-electron chi connectivity index (χ1n) is 6.46. The molecule has 0 saturated carbocycles. The van der Waals surface area contributed by atoms with Crippen LogP contribution >= 0.6 is 0 Å². The van der Waals surface area contributed by atoms with Crippen molar-refractivity contribution in [3.05, 3.63) is 51.6 Å². The summed E-state index contributed by atoms with van der Waals surface area (Å²) in [7, 11) is 0. The lowest BCUT2D eigenvalue weighted by molar-refractivity contribution is -0.0522. The molecule has 0 saturated heterocycles. The summed E-state index contributed by atoms with van der Waals surface area (Å²) in [4.78, 5) is 35.6. The second kappa shape index (κ2) is 5.41. The summed E-state index contributed by atoms with van der Waals surface area (Å²) in [5.41, 5.74) is 3.87. The maximum atomic E-state index is 13.8. The van der Waals surface area contributed by atoms with Gasteiger partial charge in [0.15, 0.2) is 11.6 Å². The number of hydrogen-bond acceptors (Lipinski definition) is 5. The number of nitrogens with two attached hydrogens (primary N) is 1. The molecular weight excluding hydrogens is 331 g/mol. The van der Waals surface area contributed by atoms with Gasteiger partial charge in [0.25, 0.3) is 17.4 Å². The predicted molar refractivity (Wildman–Crippen MR) is 74.8 cm³/mol. The Hall–Kier alpha value is -3.30. The second-order valence-electron chi connectivity index (χ2n) is 4.74. The van der Waals surface area contributed by atoms with Gasteiger partial charge in [0.2, 0.25) is 0 Å². The number of imide groups is 1. The van der Waals surface area contributed by atoms with E-state index in [0.29, 0.717) is 4.57 Å². The number of rotatable bonds is 3. The number of benzene rings is 1. The van der Waals surface area contributed by atoms with E-state index < -0.39 is 47.1 Å². The molecule has 3 rings (SSSR count). The number of halogens is 3. The zero-order valence-corrected chi connectivity index (χ0v) is 11.7. The highest BCUT2D eigenvalue weighted by molar-refractivity contribution is 6.23. The minimum atomic E-state index is -3.35. The molecule has 0 bridgehead atoms. The first-order chi connectivity index (χ1) is 11.3. The normalized spacial score (nSPS) is 13.2. The number of carbonyl (C=O) groups is 2. The number of nitrogen functional groups attached to an aromatic ring is 1. The van der Waals surface area contributed by atoms with Gasteiger partial charge in [-0.2, -0.15) is 8.78 Å². The summed E-state index contributed by atoms with van der Waals surface area (Å²) >= 11 is 0. The fraction of sp³-hybridized carbons (Fsp3) is 0.0714. The minimum Gasteiger partial charge on any atom is -0.429 e. The largest absolute Gasteiger partial charge is 0.429 e. The molecule has 0 fully saturated rings. The Morgan fingerprint density at radius 2 is 1.88 bits per heavy atom. The van der Waals surface area contributed by atoms with Crippen molar-refractivity contribution in [3.63, 3.8) is 0 Å². The smallest absolute Gasteiger partial charge is 0.387 e. The Labute approximate surface area is 131 Å². The molecule has 1 aliphatic heterocycles. The topological polar surface area (TPSA) is 103 Å². The molecule has 2 heterocycles. The third-order valence-corrected chi connectivity index (χ3v) is 3.35. The molecule has 1 aromatic carbocycles. The third-order valence-electron chi connectivity index (χ3n) is 3.35. The highest BCUT2D eigenvalue weighted by Gasteiger charge is 2.32. The summed E-state index contributed by atoms with van der Waals surface area (Å²) < 4.78 is 43.6. The molecule has 2 aromatic rings. The molecule has 0 atom stereocenters. The summed E-state index contributed by atoms with van der Waals surface area (Å²) in [6.07, 6.45) is 0. The Kier molecular flexibility index (Phi) is 3.51. The molecule has 0 unspecified atom stereocenters. The standard InChI is InChI=1S/C14H8F3N3O4/c15-6-2-1-3-7(10(6)24-14(16)17)20-8(21)4-5-9(11(20)18)13(23)19-12(5)22/h1-4,14H,18H2,(H,19,22,23). The SMILES string of the molecule is Nc1c2c(cc(=O)n1-c1cccc(F)c1OC(F)F)C(=O)NC2=O. The third kappa shape index (κ3) is 2.28. The van der Waals surface area contributed by atoms with Crippen molar-refractivity contribution in [3.8, 4) is 11.4 Å². The molecule has 0 radical (unpaired) electrons. The van der Waals surface area contributed by atoms with Gasteiger partial charge in [0, 0.05) is 6.07 Å². The molecule has 0 aliphatic carbocycles. The van der Waals surface area contributed by atoms with Crippen molar-refractivity contribution < 1.29 is 27.5 Å². The number of fused-ring (bicyclic) bond motifs is 1. The van der Waals surface area contributed by atoms with Crippen LogP contribution in [0.25, 0.3) is 5.69 Å². The van der Waals surface area contributed by atoms with Gasteiger partial charge in [-0.1, -0.05) is 6.07 Å². The van der Waals surface area contributed by atoms with Crippen molar-refractivity contribution in [2.24, 2.45) is 0 Å². The number of amides is 2. The van der Waals surface area contributed by atoms with Gasteiger partial charge in [-0.15, -0.1) is 0 Å². The van der Waals surface area contributed by atoms with Crippen LogP contribution in [0.3, 0.4) is 0 Å². The summed E-state index contributed by atoms with van der Waals surface area (Å²) in [5.74, 6) is -4.22. The van der Waals surface area contributed by atoms with E-state index in [1.165, 1.54) is 0 Å². The van der Waals surface area contributed by atoms with Crippen LogP contribution in [0, 0.1) is 5.82 Å². The lowest BCUT2D eigenvalue weighted by Crippen LogP contribution is -2.25. The molecule has 124 valence electrons. The number of para-hydroxylation sites is 1. The predicted octanol–water partition coefficient (Wildman–Crippen LogP) is 1.04. The lowest BCUT2D eigenvalue weighted by atomic mass is 10.1. The Morgan fingerprint density at radius 1 is 1.17 bits per heavy atom. The second-order valence-corrected chi connectivity index (χ2v) is 4.74. The quantitative estimate of drug-likeness (QED) is 0.814. The number of aromatic nitrogens is 1. The van der Waals surface area contributed by atoms with Crippen molar-refractivity contribution >= 4 is 17.6 Å². The van der Waals surface area contributed by atoms with Crippen molar-refractivity contribution in [2.75, 3.05) is 5.73 Å². The molecule has 0 spiro atoms. The Balaban J connectivity index is 2.32. The molecule has 10 heteroatoms. The van der Waals surface area contributed by atoms with E-state index in [-0.39, 0.29) is 11.1 Å². The average molecular weight is 339 g/mol. The number of anilines is 1. The van der Waals surface area contributed by atoms with Crippen molar-refractivity contribution in [1.29, 1.82) is 0 Å². The van der Waals surface area contributed by atoms with Crippen LogP contribution in [0.2, 0.25) is 0 Å². The van der Waals surface area contributed by atoms with Gasteiger partial charge in [-0.3, -0.25) is 24.3 Å². The Morgan fingerprint density at radius 3 is 2.54 bits per heavy atom. The van der Waals surface area contributed by atoms with E-state index in [1.807, 2.05) is 5.32 Å². The molecule has 24 heavy (non-hydrogen) atoms. The highest BCUT2D eigenvalue weighted by Crippen LogP contribution is 2.30. The number of ether oxygens (including phenoxy) is 1. The summed E-state index contributed by atoms with van der Waals surface area (Å²) in [6, 6.07) is 3.92. The van der Waals surface area contributed by atoms with Gasteiger partial charge in [-0.05, 0) is 12.1 Å². The van der Waals surface area contributed by atoms with Crippen LogP contribution in [0.15, 0.2) is 29.1 Å². The Bertz CT molecular complexity index is 940. The van der Waals surface area contributed by atoms with Crippen molar-refractivity contribution in [1.82, 2.24) is 9.88 Å². The molecule has 2 amide bonds. The zero-order valence-electron chi connectivity index (χ0n) is 11.7. The number of nitrogens with one attached hydrogen (secondary N) is 1. The number of alkyl halides is 2. The van der Waals surface area contributed by atoms with E-state index in [2.05, 4.69) is 4.74 Å². The van der Waals surface area contributed by atoms with E-state index in [0.717, 1.165) is 24.3 Å². The van der Waals surface area contributed by atoms with Gasteiger partial charge in [-0.25, -0.2) is 4.39 Å². The first kappa shape index (κ1) is 15.6. The van der Waals surface area contributed by atoms with Crippen LogP contribution in [-0.2, 0) is 0 Å². The van der Waals surface area contributed by atoms with Crippen LogP contribution in [-0.4, -0.2) is 23.0 Å². The van der Waals surface area contributed by atoms with E-state index >= 15 is 0 Å². The maximum Gasteiger partial charge on any atom is 0.387 e. The van der Waals surface area contributed by atoms with Crippen LogP contribution < -0.4 is 21.3 Å². The molecule has 3 N–H and O–H groups in total. The molecule has 7 nitrogen and oxygen atoms in total. The maximum absolute atomic E-state index is 13.8. The molecule has 1 aliphatic rings. The van der Waals surface area contributed by atoms with Gasteiger partial charge in [0.1, 0.15) is 5.82 Å². The van der Waals surface area contributed by atoms with Gasteiger partial charge >= 0.3 is 6.61 Å². The van der Waals surface area contributed by atoms with Crippen LogP contribution in [0.1, 0.15) is 20.7 Å². The van der Waals surface area contributed by atoms with Crippen molar-refractivity contribution in [2.45, 2.75) is 6.61 Å². The van der Waals surface area contributed by atoms with E-state index in [9.17, 15) is 27.6 Å². The van der Waals surface area contributed by atoms with Gasteiger partial charge < -0.3 is 10.5 Å². The lowest BCUT2D eigenvalue weighted by Gasteiger charge is -2.16. The number of nitrogens with zero attached hydrogens (tertiary/aromatic N) is 1. The number of hydrogen-bond donors (Lipinski definition) is 2. The fourth-order valence-corrected chi connectivity index (χ4v) is 2.41. The first-order valence-corrected chi connectivity index (χ1v) is 6.46. The number of carbonyl (C=O) groups excluding carboxylic acids is 2. The van der Waals surface area contributed by atoms with Gasteiger partial charge in [0.05, 0.1) is 16.8 Å². The highest BCUT2D eigenvalue weighted by atomic mass is 19.3. The van der Waals surface area contributed by atoms with E-state index in [4.69, 9.17) is 5.73 Å². The van der Waals surface area contributed by atoms with Crippen LogP contribution in [0.4, 0.5) is 19.0 Å². The summed E-state index contributed by atoms with van der Waals surface area (Å²) in [6.45, 7) is -3.35. The molecule has 1 aromatic heterocycles. The van der Waals surface area contributed by atoms with Crippen LogP contribution in [0.5, 0.6) is 5.75 Å². The zero-order chi connectivity index (χ0) is 17.6. The average Bonchev–Trinajstić information content (AvgIpc) is 2.76. The summed E-state index contributed by atoms with van der Waals surface area (Å²) in [5, 5.41) is 1.95. The monoisotopic (exact) mass is 339 g/mol. The number of pyridine rings is 1. The molecular formula is C14H8F3N3O4.